The zero-order valence-corrected chi connectivity index (χ0v) is 12.6. The number of halogens is 3. The van der Waals surface area contributed by atoms with E-state index in [1.165, 1.54) is 17.0 Å². The summed E-state index contributed by atoms with van der Waals surface area (Å²) in [6, 6.07) is 8.04. The highest BCUT2D eigenvalue weighted by molar-refractivity contribution is 6.01. The fraction of sp³-hybridized carbons (Fsp3) is 0.294. The van der Waals surface area contributed by atoms with Crippen LogP contribution in [0, 0.1) is 0 Å². The molecule has 0 radical (unpaired) electrons. The topological polar surface area (TPSA) is 50.5 Å². The molecule has 0 bridgehead atoms. The molecule has 3 rings (SSSR count). The summed E-state index contributed by atoms with van der Waals surface area (Å²) in [4.78, 5) is 24.3. The second-order valence-corrected chi connectivity index (χ2v) is 5.53. The molecule has 4 nitrogen and oxygen atoms in total. The van der Waals surface area contributed by atoms with Crippen molar-refractivity contribution in [2.24, 2.45) is 0 Å². The van der Waals surface area contributed by atoms with Crippen LogP contribution in [0.25, 0.3) is 11.3 Å². The number of hydrogen-bond donors (Lipinski definition) is 0. The number of amides is 2. The van der Waals surface area contributed by atoms with Crippen LogP contribution in [0.4, 0.5) is 13.2 Å². The van der Waals surface area contributed by atoms with Gasteiger partial charge in [-0.2, -0.15) is 13.2 Å². The predicted molar refractivity (Wildman–Crippen MR) is 78.8 cm³/mol. The average Bonchev–Trinajstić information content (AvgIpc) is 3.12. The van der Waals surface area contributed by atoms with E-state index in [-0.39, 0.29) is 31.2 Å². The molecule has 1 saturated heterocycles. The van der Waals surface area contributed by atoms with Gasteiger partial charge in [-0.25, -0.2) is 0 Å². The molecule has 1 aliphatic heterocycles. The fourth-order valence-electron chi connectivity index (χ4n) is 2.59. The summed E-state index contributed by atoms with van der Waals surface area (Å²) >= 11 is 0. The Kier molecular flexibility index (Phi) is 4.17. The third-order valence-electron chi connectivity index (χ3n) is 3.90. The Bertz CT molecular complexity index is 746. The minimum atomic E-state index is -4.37. The van der Waals surface area contributed by atoms with Crippen LogP contribution >= 0.6 is 0 Å². The summed E-state index contributed by atoms with van der Waals surface area (Å²) in [5, 5.41) is 0. The molecule has 0 aliphatic carbocycles. The quantitative estimate of drug-likeness (QED) is 0.800. The monoisotopic (exact) mass is 337 g/mol. The summed E-state index contributed by atoms with van der Waals surface area (Å²) < 4.78 is 43.3. The van der Waals surface area contributed by atoms with Crippen LogP contribution in [0.2, 0.25) is 0 Å². The molecule has 126 valence electrons. The Hall–Kier alpha value is -2.57. The van der Waals surface area contributed by atoms with E-state index in [0.29, 0.717) is 23.5 Å². The molecule has 2 amide bonds. The van der Waals surface area contributed by atoms with Crippen LogP contribution in [-0.2, 0) is 22.2 Å². The highest BCUT2D eigenvalue weighted by atomic mass is 19.4. The zero-order chi connectivity index (χ0) is 17.3. The lowest BCUT2D eigenvalue weighted by Gasteiger charge is -2.12. The van der Waals surface area contributed by atoms with Crippen LogP contribution in [0.5, 0.6) is 0 Å². The second-order valence-electron chi connectivity index (χ2n) is 5.53. The molecule has 1 aliphatic rings. The van der Waals surface area contributed by atoms with Crippen LogP contribution in [0.15, 0.2) is 40.8 Å². The molecule has 1 fully saturated rings. The molecule has 7 heteroatoms. The van der Waals surface area contributed by atoms with Gasteiger partial charge in [0, 0.05) is 31.4 Å². The van der Waals surface area contributed by atoms with Crippen LogP contribution in [0.3, 0.4) is 0 Å². The maximum atomic E-state index is 12.6. The van der Waals surface area contributed by atoms with Crippen molar-refractivity contribution in [2.45, 2.75) is 25.4 Å². The molecular formula is C17H14F3NO3. The van der Waals surface area contributed by atoms with E-state index in [4.69, 9.17) is 4.42 Å². The number of likely N-dealkylation sites (tertiary alicyclic amines) is 1. The smallest absolute Gasteiger partial charge is 0.416 e. The number of furan rings is 1. The van der Waals surface area contributed by atoms with E-state index >= 15 is 0 Å². The predicted octanol–water partition coefficient (Wildman–Crippen LogP) is 3.66. The number of benzene rings is 1. The van der Waals surface area contributed by atoms with Gasteiger partial charge in [-0.3, -0.25) is 14.5 Å². The van der Waals surface area contributed by atoms with Crippen LogP contribution in [0.1, 0.15) is 24.2 Å². The first-order chi connectivity index (χ1) is 11.3. The van der Waals surface area contributed by atoms with Gasteiger partial charge in [0.1, 0.15) is 11.5 Å². The van der Waals surface area contributed by atoms with Crippen molar-refractivity contribution in [1.82, 2.24) is 4.90 Å². The highest BCUT2D eigenvalue weighted by Crippen LogP contribution is 2.31. The minimum absolute atomic E-state index is 0.186. The van der Waals surface area contributed by atoms with Gasteiger partial charge in [-0.1, -0.05) is 12.1 Å². The summed E-state index contributed by atoms with van der Waals surface area (Å²) in [6.07, 6.45) is -3.51. The number of carbonyl (C=O) groups excluding carboxylic acids is 2. The molecule has 2 heterocycles. The molecule has 2 aromatic rings. The lowest BCUT2D eigenvalue weighted by molar-refractivity contribution is -0.139. The number of nitrogens with zero attached hydrogens (tertiary/aromatic N) is 1. The van der Waals surface area contributed by atoms with Gasteiger partial charge in [0.05, 0.1) is 5.56 Å². The Morgan fingerprint density at radius 2 is 1.58 bits per heavy atom. The SMILES string of the molecule is O=C1CCC(=O)N1CCc1ccc(-c2ccc(C(F)(F)F)cc2)o1. The molecule has 0 N–H and O–H groups in total. The third kappa shape index (κ3) is 3.34. The van der Waals surface area contributed by atoms with E-state index in [1.54, 1.807) is 12.1 Å². The number of hydrogen-bond acceptors (Lipinski definition) is 3. The molecule has 24 heavy (non-hydrogen) atoms. The van der Waals surface area contributed by atoms with Gasteiger partial charge >= 0.3 is 6.18 Å². The van der Waals surface area contributed by atoms with Crippen molar-refractivity contribution < 1.29 is 27.2 Å². The molecule has 0 saturated carbocycles. The summed E-state index contributed by atoms with van der Waals surface area (Å²) in [6.45, 7) is 0.248. The van der Waals surface area contributed by atoms with E-state index in [0.717, 1.165) is 12.1 Å². The molecule has 1 aromatic heterocycles. The van der Waals surface area contributed by atoms with Gasteiger partial charge < -0.3 is 4.42 Å². The van der Waals surface area contributed by atoms with Crippen molar-refractivity contribution in [3.05, 3.63) is 47.7 Å². The van der Waals surface area contributed by atoms with Crippen molar-refractivity contribution >= 4 is 11.8 Å². The standard InChI is InChI=1S/C17H14F3NO3/c18-17(19,20)12-3-1-11(2-4-12)14-6-5-13(24-14)9-10-21-15(22)7-8-16(21)23/h1-6H,7-10H2. The first kappa shape index (κ1) is 16.3. The second kappa shape index (κ2) is 6.14. The minimum Gasteiger partial charge on any atom is -0.461 e. The Labute approximate surface area is 135 Å². The first-order valence-electron chi connectivity index (χ1n) is 7.44. The summed E-state index contributed by atoms with van der Waals surface area (Å²) in [5.74, 6) is 0.638. The number of rotatable bonds is 4. The van der Waals surface area contributed by atoms with Gasteiger partial charge in [-0.05, 0) is 24.3 Å². The molecule has 0 atom stereocenters. The van der Waals surface area contributed by atoms with Crippen molar-refractivity contribution in [3.63, 3.8) is 0 Å². The molecule has 0 unspecified atom stereocenters. The Morgan fingerprint density at radius 3 is 2.17 bits per heavy atom. The lowest BCUT2D eigenvalue weighted by Crippen LogP contribution is -2.30. The third-order valence-corrected chi connectivity index (χ3v) is 3.90. The number of carbonyl (C=O) groups is 2. The van der Waals surface area contributed by atoms with Crippen molar-refractivity contribution in [2.75, 3.05) is 6.54 Å². The van der Waals surface area contributed by atoms with E-state index in [9.17, 15) is 22.8 Å². The van der Waals surface area contributed by atoms with Crippen LogP contribution < -0.4 is 0 Å². The Morgan fingerprint density at radius 1 is 0.958 bits per heavy atom. The van der Waals surface area contributed by atoms with Gasteiger partial charge in [0.25, 0.3) is 0 Å². The average molecular weight is 337 g/mol. The van der Waals surface area contributed by atoms with Crippen molar-refractivity contribution in [3.8, 4) is 11.3 Å². The van der Waals surface area contributed by atoms with E-state index in [2.05, 4.69) is 0 Å². The number of alkyl halides is 3. The maximum Gasteiger partial charge on any atom is 0.416 e. The Balaban J connectivity index is 1.67. The summed E-state index contributed by atoms with van der Waals surface area (Å²) in [7, 11) is 0. The van der Waals surface area contributed by atoms with E-state index in [1.807, 2.05) is 0 Å². The van der Waals surface area contributed by atoms with Gasteiger partial charge in [0.2, 0.25) is 11.8 Å². The molecule has 1 aromatic carbocycles. The lowest BCUT2D eigenvalue weighted by atomic mass is 10.1. The largest absolute Gasteiger partial charge is 0.461 e. The van der Waals surface area contributed by atoms with Gasteiger partial charge in [-0.15, -0.1) is 0 Å². The molecular weight excluding hydrogens is 323 g/mol. The van der Waals surface area contributed by atoms with Crippen LogP contribution in [-0.4, -0.2) is 23.3 Å². The van der Waals surface area contributed by atoms with Crippen molar-refractivity contribution in [1.29, 1.82) is 0 Å². The van der Waals surface area contributed by atoms with E-state index < -0.39 is 11.7 Å². The fourth-order valence-corrected chi connectivity index (χ4v) is 2.59. The zero-order valence-electron chi connectivity index (χ0n) is 12.6. The van der Waals surface area contributed by atoms with Gasteiger partial charge in [0.15, 0.2) is 0 Å². The first-order valence-corrected chi connectivity index (χ1v) is 7.44. The molecule has 0 spiro atoms. The summed E-state index contributed by atoms with van der Waals surface area (Å²) in [5.41, 5.74) is -0.188. The number of imide groups is 1. The highest BCUT2D eigenvalue weighted by Gasteiger charge is 2.30. The normalized spacial score (nSPS) is 15.4. The maximum absolute atomic E-state index is 12.6.